The molecule has 10 rings (SSSR count). The monoisotopic (exact) mass is 672 g/mol. The van der Waals surface area contributed by atoms with Crippen molar-refractivity contribution in [2.75, 3.05) is 6.61 Å². The predicted molar refractivity (Wildman–Crippen MR) is 219 cm³/mol. The maximum atomic E-state index is 10.0. The average Bonchev–Trinajstić information content (AvgIpc) is 3.73. The lowest BCUT2D eigenvalue weighted by atomic mass is 9.78. The quantitative estimate of drug-likeness (QED) is 0.193. The number of fused-ring (bicyclic) bond motifs is 9. The van der Waals surface area contributed by atoms with E-state index < -0.39 is 0 Å². The highest BCUT2D eigenvalue weighted by molar-refractivity contribution is 6.18. The molecule has 1 atom stereocenters. The highest BCUT2D eigenvalue weighted by atomic mass is 16.2. The number of aliphatic hydroxyl groups is 1. The molecule has 52 heavy (non-hydrogen) atoms. The van der Waals surface area contributed by atoms with Crippen LogP contribution in [0.15, 0.2) is 127 Å². The van der Waals surface area contributed by atoms with Crippen LogP contribution in [0, 0.1) is 0 Å². The second-order valence-electron chi connectivity index (χ2n) is 16.9. The molecule has 0 saturated heterocycles. The van der Waals surface area contributed by atoms with Gasteiger partial charge in [-0.05, 0) is 142 Å². The normalized spacial score (nSPS) is 15.7. The highest BCUT2D eigenvalue weighted by Gasteiger charge is 2.37. The zero-order valence-electron chi connectivity index (χ0n) is 30.8. The van der Waals surface area contributed by atoms with Gasteiger partial charge in [0.05, 0.1) is 0 Å². The van der Waals surface area contributed by atoms with Gasteiger partial charge >= 0.3 is 0 Å². The molecule has 7 aromatic carbocycles. The highest BCUT2D eigenvalue weighted by Crippen LogP contribution is 2.54. The van der Waals surface area contributed by atoms with Gasteiger partial charge in [-0.3, -0.25) is 0 Å². The largest absolute Gasteiger partial charge is 0.396 e. The van der Waals surface area contributed by atoms with E-state index in [9.17, 15) is 5.11 Å². The fourth-order valence-electron chi connectivity index (χ4n) is 9.76. The average molecular weight is 673 g/mol. The maximum Gasteiger partial charge on any atom is 0.0431 e. The van der Waals surface area contributed by atoms with Crippen molar-refractivity contribution in [3.05, 3.63) is 155 Å². The van der Waals surface area contributed by atoms with Crippen LogP contribution in [-0.2, 0) is 10.8 Å². The third kappa shape index (κ3) is 4.45. The number of benzene rings is 7. The molecule has 7 aromatic rings. The summed E-state index contributed by atoms with van der Waals surface area (Å²) in [6.07, 6.45) is 1.70. The molecule has 0 saturated carbocycles. The Bertz CT molecular complexity index is 2600. The van der Waals surface area contributed by atoms with Crippen LogP contribution < -0.4 is 0 Å². The summed E-state index contributed by atoms with van der Waals surface area (Å²) in [6.45, 7) is 11.9. The summed E-state index contributed by atoms with van der Waals surface area (Å²) in [5, 5.41) is 12.7. The molecule has 0 aromatic heterocycles. The first-order chi connectivity index (χ1) is 25.1. The molecule has 1 unspecified atom stereocenters. The van der Waals surface area contributed by atoms with E-state index in [0.29, 0.717) is 0 Å². The van der Waals surface area contributed by atoms with Crippen molar-refractivity contribution in [1.82, 2.24) is 0 Å². The Morgan fingerprint density at radius 2 is 1.06 bits per heavy atom. The Morgan fingerprint density at radius 3 is 1.75 bits per heavy atom. The van der Waals surface area contributed by atoms with E-state index in [1.807, 2.05) is 0 Å². The van der Waals surface area contributed by atoms with Gasteiger partial charge in [0.2, 0.25) is 0 Å². The van der Waals surface area contributed by atoms with Gasteiger partial charge < -0.3 is 5.11 Å². The minimum absolute atomic E-state index is 0.0691. The molecule has 0 bridgehead atoms. The molecule has 3 aliphatic rings. The van der Waals surface area contributed by atoms with E-state index >= 15 is 0 Å². The summed E-state index contributed by atoms with van der Waals surface area (Å²) in [5.74, 6) is 0.240. The van der Waals surface area contributed by atoms with Gasteiger partial charge in [0.25, 0.3) is 0 Å². The lowest BCUT2D eigenvalue weighted by Gasteiger charge is -2.25. The Balaban J connectivity index is 1.04. The van der Waals surface area contributed by atoms with E-state index in [1.165, 1.54) is 105 Å². The molecule has 254 valence electrons. The molecule has 3 aliphatic carbocycles. The summed E-state index contributed by atoms with van der Waals surface area (Å²) >= 11 is 0. The first-order valence-electron chi connectivity index (χ1n) is 19.0. The molecular weight excluding hydrogens is 629 g/mol. The predicted octanol–water partition coefficient (Wildman–Crippen LogP) is 13.3. The first-order valence-corrected chi connectivity index (χ1v) is 19.0. The second kappa shape index (κ2) is 11.1. The summed E-state index contributed by atoms with van der Waals surface area (Å²) in [4.78, 5) is 0. The van der Waals surface area contributed by atoms with Gasteiger partial charge in [-0.2, -0.15) is 0 Å². The fourth-order valence-corrected chi connectivity index (χ4v) is 9.76. The minimum Gasteiger partial charge on any atom is -0.396 e. The lowest BCUT2D eigenvalue weighted by molar-refractivity contribution is 0.282. The zero-order chi connectivity index (χ0) is 35.5. The standard InChI is InChI=1S/C51H44O/c1-50(2,3)33-18-22-41-40-21-16-31(28-47(40)51(4,5)48(41)29-33)30-15-19-38-39-20-17-32(27-46(39)37(14-9-25-52)45(38)26-30)34-23-24-44-36-11-7-6-10-35(36)43-13-8-12-42(34)49(43)44/h6-8,10-13,15-24,26-29,37,52H,9,14,25H2,1-5H3. The van der Waals surface area contributed by atoms with Crippen LogP contribution in [0.4, 0.5) is 0 Å². The number of aliphatic hydroxyl groups excluding tert-OH is 1. The summed E-state index contributed by atoms with van der Waals surface area (Å²) in [6, 6.07) is 48.7. The van der Waals surface area contributed by atoms with Crippen molar-refractivity contribution in [2.45, 2.75) is 64.2 Å². The van der Waals surface area contributed by atoms with Crippen molar-refractivity contribution in [3.8, 4) is 66.8 Å². The molecule has 0 spiro atoms. The lowest BCUT2D eigenvalue weighted by Crippen LogP contribution is -2.17. The Kier molecular flexibility index (Phi) is 6.74. The third-order valence-corrected chi connectivity index (χ3v) is 12.5. The van der Waals surface area contributed by atoms with E-state index in [0.717, 1.165) is 12.8 Å². The fraction of sp³-hybridized carbons (Fsp3) is 0.216. The van der Waals surface area contributed by atoms with Crippen molar-refractivity contribution < 1.29 is 5.11 Å². The summed E-state index contributed by atoms with van der Waals surface area (Å²) in [7, 11) is 0. The molecule has 0 heterocycles. The van der Waals surface area contributed by atoms with Crippen molar-refractivity contribution in [2.24, 2.45) is 0 Å². The number of hydrogen-bond acceptors (Lipinski definition) is 1. The van der Waals surface area contributed by atoms with Crippen LogP contribution >= 0.6 is 0 Å². The molecular formula is C51H44O. The van der Waals surface area contributed by atoms with Crippen LogP contribution in [-0.4, -0.2) is 11.7 Å². The van der Waals surface area contributed by atoms with E-state index in [4.69, 9.17) is 0 Å². The second-order valence-corrected chi connectivity index (χ2v) is 16.9. The number of rotatable bonds is 5. The van der Waals surface area contributed by atoms with Crippen molar-refractivity contribution in [3.63, 3.8) is 0 Å². The topological polar surface area (TPSA) is 20.2 Å². The molecule has 0 fully saturated rings. The van der Waals surface area contributed by atoms with Crippen LogP contribution in [0.2, 0.25) is 0 Å². The van der Waals surface area contributed by atoms with Gasteiger partial charge in [-0.1, -0.05) is 144 Å². The molecule has 1 heteroatoms. The molecule has 0 radical (unpaired) electrons. The third-order valence-electron chi connectivity index (χ3n) is 12.5. The number of hydrogen-bond donors (Lipinski definition) is 1. The van der Waals surface area contributed by atoms with Gasteiger partial charge in [-0.15, -0.1) is 0 Å². The van der Waals surface area contributed by atoms with Crippen molar-refractivity contribution in [1.29, 1.82) is 0 Å². The van der Waals surface area contributed by atoms with E-state index in [1.54, 1.807) is 0 Å². The van der Waals surface area contributed by atoms with E-state index in [-0.39, 0.29) is 23.4 Å². The maximum absolute atomic E-state index is 10.0. The van der Waals surface area contributed by atoms with Gasteiger partial charge in [-0.25, -0.2) is 0 Å². The SMILES string of the molecule is CC(C)(C)c1ccc2c(c1)C(C)(C)c1cc(-c3ccc4c(c3)C(CCCO)c3cc(-c5ccc6c7c(cccc57)-c5ccccc5-6)ccc3-4)ccc1-2. The Hall–Kier alpha value is -5.24. The van der Waals surface area contributed by atoms with E-state index in [2.05, 4.69) is 162 Å². The van der Waals surface area contributed by atoms with Crippen LogP contribution in [0.25, 0.3) is 77.5 Å². The molecule has 1 N–H and O–H groups in total. The smallest absolute Gasteiger partial charge is 0.0431 e. The molecule has 1 nitrogen and oxygen atoms in total. The zero-order valence-corrected chi connectivity index (χ0v) is 30.8. The Labute approximate surface area is 307 Å². The minimum atomic E-state index is -0.0691. The Morgan fingerprint density at radius 1 is 0.519 bits per heavy atom. The van der Waals surface area contributed by atoms with Gasteiger partial charge in [0.15, 0.2) is 0 Å². The molecule has 0 aliphatic heterocycles. The van der Waals surface area contributed by atoms with Crippen LogP contribution in [0.3, 0.4) is 0 Å². The summed E-state index contributed by atoms with van der Waals surface area (Å²) < 4.78 is 0. The first kappa shape index (κ1) is 31.5. The van der Waals surface area contributed by atoms with Crippen LogP contribution in [0.1, 0.15) is 81.2 Å². The van der Waals surface area contributed by atoms with Crippen LogP contribution in [0.5, 0.6) is 0 Å². The molecule has 0 amide bonds. The van der Waals surface area contributed by atoms with Gasteiger partial charge in [0, 0.05) is 17.9 Å². The van der Waals surface area contributed by atoms with Crippen molar-refractivity contribution >= 4 is 10.8 Å². The van der Waals surface area contributed by atoms with Gasteiger partial charge in [0.1, 0.15) is 0 Å². The summed E-state index contributed by atoms with van der Waals surface area (Å²) in [5.41, 5.74) is 22.8.